The number of esters is 1. The number of anilines is 1. The third kappa shape index (κ3) is 4.98. The van der Waals surface area contributed by atoms with E-state index in [9.17, 15) is 9.59 Å². The van der Waals surface area contributed by atoms with E-state index >= 15 is 0 Å². The molecule has 1 amide bonds. The number of nitrogens with one attached hydrogen (secondary N) is 1. The Balaban J connectivity index is 1.72. The molecule has 6 nitrogen and oxygen atoms in total. The number of aromatic nitrogens is 2. The van der Waals surface area contributed by atoms with Crippen LogP contribution in [-0.2, 0) is 10.5 Å². The quantitative estimate of drug-likeness (QED) is 0.420. The summed E-state index contributed by atoms with van der Waals surface area (Å²) in [4.78, 5) is 33.8. The molecule has 3 aromatic rings. The van der Waals surface area contributed by atoms with Gasteiger partial charge in [-0.1, -0.05) is 41.3 Å². The Morgan fingerprint density at radius 3 is 2.71 bits per heavy atom. The molecular weight excluding hydrogens is 414 g/mol. The van der Waals surface area contributed by atoms with Gasteiger partial charge < -0.3 is 4.74 Å². The lowest BCUT2D eigenvalue weighted by Gasteiger charge is -2.08. The summed E-state index contributed by atoms with van der Waals surface area (Å²) in [6.07, 6.45) is 0. The zero-order valence-electron chi connectivity index (χ0n) is 15.6. The van der Waals surface area contributed by atoms with Crippen molar-refractivity contribution in [1.29, 1.82) is 0 Å². The molecule has 0 saturated heterocycles. The first kappa shape index (κ1) is 20.5. The van der Waals surface area contributed by atoms with Crippen LogP contribution in [0.3, 0.4) is 0 Å². The second-order valence-corrected chi connectivity index (χ2v) is 8.89. The molecule has 0 radical (unpaired) electrons. The molecule has 2 heterocycles. The number of rotatable bonds is 7. The van der Waals surface area contributed by atoms with E-state index in [0.29, 0.717) is 33.6 Å². The molecule has 1 aromatic carbocycles. The van der Waals surface area contributed by atoms with Crippen molar-refractivity contribution in [1.82, 2.24) is 9.97 Å². The molecule has 0 bridgehead atoms. The zero-order chi connectivity index (χ0) is 20.1. The molecule has 3 rings (SSSR count). The SMILES string of the molecule is CCOC(=O)c1sc(NC(=O)c2ccccc2CSc2nc(C)cs2)nc1C. The highest BCUT2D eigenvalue weighted by Gasteiger charge is 2.19. The van der Waals surface area contributed by atoms with Crippen molar-refractivity contribution in [3.63, 3.8) is 0 Å². The molecule has 0 aliphatic heterocycles. The second-order valence-electron chi connectivity index (χ2n) is 5.81. The second kappa shape index (κ2) is 9.31. The number of benzene rings is 1. The van der Waals surface area contributed by atoms with E-state index in [1.165, 1.54) is 0 Å². The molecule has 0 atom stereocenters. The molecular formula is C19H19N3O3S3. The summed E-state index contributed by atoms with van der Waals surface area (Å²) in [5.41, 5.74) is 3.03. The van der Waals surface area contributed by atoms with E-state index in [0.717, 1.165) is 26.9 Å². The number of nitrogens with zero attached hydrogens (tertiary/aromatic N) is 2. The summed E-state index contributed by atoms with van der Waals surface area (Å²) in [7, 11) is 0. The summed E-state index contributed by atoms with van der Waals surface area (Å²) in [5, 5.41) is 5.18. The maximum absolute atomic E-state index is 12.8. The van der Waals surface area contributed by atoms with Crippen molar-refractivity contribution in [3.8, 4) is 0 Å². The lowest BCUT2D eigenvalue weighted by atomic mass is 10.1. The predicted octanol–water partition coefficient (Wildman–Crippen LogP) is 4.94. The lowest BCUT2D eigenvalue weighted by Crippen LogP contribution is -2.13. The Kier molecular flexibility index (Phi) is 6.82. The number of ether oxygens (including phenoxy) is 1. The fourth-order valence-corrected chi connectivity index (χ4v) is 5.11. The van der Waals surface area contributed by atoms with Crippen LogP contribution in [0.5, 0.6) is 0 Å². The van der Waals surface area contributed by atoms with Crippen molar-refractivity contribution < 1.29 is 14.3 Å². The Morgan fingerprint density at radius 2 is 2.00 bits per heavy atom. The number of aryl methyl sites for hydroxylation is 2. The molecule has 0 unspecified atom stereocenters. The van der Waals surface area contributed by atoms with Crippen LogP contribution in [0, 0.1) is 13.8 Å². The Hall–Kier alpha value is -2.23. The van der Waals surface area contributed by atoms with E-state index < -0.39 is 5.97 Å². The van der Waals surface area contributed by atoms with E-state index in [1.807, 2.05) is 30.5 Å². The molecule has 2 aromatic heterocycles. The molecule has 0 fully saturated rings. The topological polar surface area (TPSA) is 81.2 Å². The van der Waals surface area contributed by atoms with Crippen molar-refractivity contribution in [2.24, 2.45) is 0 Å². The van der Waals surface area contributed by atoms with Gasteiger partial charge in [-0.05, 0) is 32.4 Å². The summed E-state index contributed by atoms with van der Waals surface area (Å²) in [5.74, 6) is -0.0363. The zero-order valence-corrected chi connectivity index (χ0v) is 18.1. The normalized spacial score (nSPS) is 10.7. The van der Waals surface area contributed by atoms with Crippen LogP contribution in [-0.4, -0.2) is 28.5 Å². The van der Waals surface area contributed by atoms with Crippen molar-refractivity contribution >= 4 is 51.4 Å². The van der Waals surface area contributed by atoms with Crippen LogP contribution in [0.4, 0.5) is 5.13 Å². The molecule has 0 saturated carbocycles. The molecule has 0 spiro atoms. The minimum absolute atomic E-state index is 0.254. The Bertz CT molecular complexity index is 997. The first-order chi connectivity index (χ1) is 13.5. The summed E-state index contributed by atoms with van der Waals surface area (Å²) in [6.45, 7) is 5.72. The number of carbonyl (C=O) groups is 2. The summed E-state index contributed by atoms with van der Waals surface area (Å²) >= 11 is 4.32. The van der Waals surface area contributed by atoms with E-state index in [1.54, 1.807) is 43.0 Å². The van der Waals surface area contributed by atoms with Crippen LogP contribution >= 0.6 is 34.4 Å². The van der Waals surface area contributed by atoms with Gasteiger partial charge in [-0.2, -0.15) is 0 Å². The third-order valence-corrected chi connectivity index (χ3v) is 6.93. The van der Waals surface area contributed by atoms with Gasteiger partial charge in [0.15, 0.2) is 5.13 Å². The molecule has 0 aliphatic rings. The van der Waals surface area contributed by atoms with Gasteiger partial charge in [0.25, 0.3) is 5.91 Å². The number of hydrogen-bond donors (Lipinski definition) is 1. The fraction of sp³-hybridized carbons (Fsp3) is 0.263. The Labute approximate surface area is 175 Å². The largest absolute Gasteiger partial charge is 0.462 e. The smallest absolute Gasteiger partial charge is 0.350 e. The third-order valence-electron chi connectivity index (χ3n) is 3.69. The van der Waals surface area contributed by atoms with Crippen LogP contribution in [0.2, 0.25) is 0 Å². The highest BCUT2D eigenvalue weighted by molar-refractivity contribution is 8.00. The van der Waals surface area contributed by atoms with Gasteiger partial charge in [0.1, 0.15) is 9.22 Å². The summed E-state index contributed by atoms with van der Waals surface area (Å²) in [6, 6.07) is 7.45. The fourth-order valence-electron chi connectivity index (χ4n) is 2.41. The van der Waals surface area contributed by atoms with Gasteiger partial charge in [-0.3, -0.25) is 10.1 Å². The summed E-state index contributed by atoms with van der Waals surface area (Å²) < 4.78 is 5.99. The number of amides is 1. The first-order valence-electron chi connectivity index (χ1n) is 8.56. The van der Waals surface area contributed by atoms with Crippen molar-refractivity contribution in [3.05, 3.63) is 57.0 Å². The van der Waals surface area contributed by atoms with Crippen LogP contribution < -0.4 is 5.32 Å². The number of thiazole rings is 2. The molecule has 28 heavy (non-hydrogen) atoms. The van der Waals surface area contributed by atoms with Crippen LogP contribution in [0.25, 0.3) is 0 Å². The van der Waals surface area contributed by atoms with Crippen LogP contribution in [0.1, 0.15) is 43.9 Å². The standard InChI is InChI=1S/C19H19N3O3S3/c1-4-25-17(24)15-12(3)21-18(28-15)22-16(23)14-8-6-5-7-13(14)10-27-19-20-11(2)9-26-19/h5-9H,4,10H2,1-3H3,(H,21,22,23). The van der Waals surface area contributed by atoms with E-state index in [2.05, 4.69) is 15.3 Å². The van der Waals surface area contributed by atoms with E-state index in [-0.39, 0.29) is 5.91 Å². The monoisotopic (exact) mass is 433 g/mol. The maximum atomic E-state index is 12.8. The molecule has 1 N–H and O–H groups in total. The van der Waals surface area contributed by atoms with Gasteiger partial charge in [0, 0.05) is 22.4 Å². The van der Waals surface area contributed by atoms with Gasteiger partial charge >= 0.3 is 5.97 Å². The highest BCUT2D eigenvalue weighted by atomic mass is 32.2. The van der Waals surface area contributed by atoms with Gasteiger partial charge in [-0.25, -0.2) is 14.8 Å². The minimum Gasteiger partial charge on any atom is -0.462 e. The molecule has 0 aliphatic carbocycles. The lowest BCUT2D eigenvalue weighted by molar-refractivity contribution is 0.0531. The van der Waals surface area contributed by atoms with Crippen molar-refractivity contribution in [2.75, 3.05) is 11.9 Å². The van der Waals surface area contributed by atoms with Crippen LogP contribution in [0.15, 0.2) is 34.0 Å². The van der Waals surface area contributed by atoms with Gasteiger partial charge in [0.2, 0.25) is 0 Å². The average molecular weight is 434 g/mol. The highest BCUT2D eigenvalue weighted by Crippen LogP contribution is 2.28. The predicted molar refractivity (Wildman–Crippen MR) is 114 cm³/mol. The molecule has 146 valence electrons. The van der Waals surface area contributed by atoms with Crippen molar-refractivity contribution in [2.45, 2.75) is 30.9 Å². The maximum Gasteiger partial charge on any atom is 0.350 e. The Morgan fingerprint density at radius 1 is 1.21 bits per heavy atom. The number of carbonyl (C=O) groups excluding carboxylic acids is 2. The first-order valence-corrected chi connectivity index (χ1v) is 11.2. The van der Waals surface area contributed by atoms with E-state index in [4.69, 9.17) is 4.74 Å². The molecule has 9 heteroatoms. The number of hydrogen-bond acceptors (Lipinski definition) is 8. The average Bonchev–Trinajstić information content (AvgIpc) is 3.25. The minimum atomic E-state index is -0.423. The number of thioether (sulfide) groups is 1. The van der Waals surface area contributed by atoms with Gasteiger partial charge in [-0.15, -0.1) is 11.3 Å². The van der Waals surface area contributed by atoms with Gasteiger partial charge in [0.05, 0.1) is 12.3 Å².